The maximum atomic E-state index is 11.7. The molecule has 1 aliphatic heterocycles. The predicted octanol–water partition coefficient (Wildman–Crippen LogP) is 1.39. The van der Waals surface area contributed by atoms with E-state index in [-0.39, 0.29) is 0 Å². The van der Waals surface area contributed by atoms with Crippen molar-refractivity contribution in [2.75, 3.05) is 32.7 Å². The summed E-state index contributed by atoms with van der Waals surface area (Å²) in [5, 5.41) is 12.9. The summed E-state index contributed by atoms with van der Waals surface area (Å²) < 4.78 is 0. The number of hydrogen-bond acceptors (Lipinski definition) is 4. The largest absolute Gasteiger partial charge is 0.480 e. The average molecular weight is 297 g/mol. The smallest absolute Gasteiger partial charge is 0.323 e. The maximum absolute atomic E-state index is 11.7. The van der Waals surface area contributed by atoms with Gasteiger partial charge < -0.3 is 10.0 Å². The number of nitrogens with zero attached hydrogens (tertiary/aromatic N) is 2. The molecule has 2 atom stereocenters. The molecular formula is C16H31N3O2. The monoisotopic (exact) mass is 297 g/mol. The molecule has 122 valence electrons. The third-order valence-electron chi connectivity index (χ3n) is 4.85. The van der Waals surface area contributed by atoms with Crippen molar-refractivity contribution in [3.8, 4) is 0 Å². The normalized spacial score (nSPS) is 25.5. The minimum atomic E-state index is -0.791. The van der Waals surface area contributed by atoms with Crippen LogP contribution in [-0.2, 0) is 4.79 Å². The molecule has 5 heteroatoms. The highest BCUT2D eigenvalue weighted by Gasteiger charge is 2.40. The Hall–Kier alpha value is -0.650. The molecule has 2 rings (SSSR count). The van der Waals surface area contributed by atoms with Crippen molar-refractivity contribution >= 4 is 5.97 Å². The first-order chi connectivity index (χ1) is 9.94. The molecule has 0 amide bonds. The van der Waals surface area contributed by atoms with E-state index >= 15 is 0 Å². The molecule has 2 unspecified atom stereocenters. The Balaban J connectivity index is 1.84. The topological polar surface area (TPSA) is 55.8 Å². The molecule has 0 bridgehead atoms. The van der Waals surface area contributed by atoms with E-state index in [1.54, 1.807) is 0 Å². The van der Waals surface area contributed by atoms with E-state index in [2.05, 4.69) is 29.0 Å². The van der Waals surface area contributed by atoms with Crippen LogP contribution in [0, 0.1) is 0 Å². The minimum absolute atomic E-state index is 0.307. The number of aliphatic carboxylic acids is 1. The second-order valence-corrected chi connectivity index (χ2v) is 6.99. The van der Waals surface area contributed by atoms with Crippen LogP contribution in [0.15, 0.2) is 0 Å². The van der Waals surface area contributed by atoms with Crippen molar-refractivity contribution in [1.82, 2.24) is 15.1 Å². The van der Waals surface area contributed by atoms with E-state index in [1.807, 2.05) is 6.92 Å². The van der Waals surface area contributed by atoms with Gasteiger partial charge in [-0.2, -0.15) is 0 Å². The molecule has 21 heavy (non-hydrogen) atoms. The summed E-state index contributed by atoms with van der Waals surface area (Å²) in [5.41, 5.74) is -0.791. The molecule has 1 saturated heterocycles. The standard InChI is InChI=1S/C16H31N3O2/c1-4-7-18-8-10-19(11-9-18)13(2)12-16(3,15(20)21)17-14-5-6-14/h13-14,17H,4-12H2,1-3H3,(H,20,21). The highest BCUT2D eigenvalue weighted by molar-refractivity contribution is 5.78. The number of carbonyl (C=O) groups is 1. The van der Waals surface area contributed by atoms with Crippen LogP contribution in [0.25, 0.3) is 0 Å². The van der Waals surface area contributed by atoms with Crippen molar-refractivity contribution in [1.29, 1.82) is 0 Å². The molecule has 0 radical (unpaired) electrons. The molecule has 1 aliphatic carbocycles. The highest BCUT2D eigenvalue weighted by Crippen LogP contribution is 2.26. The van der Waals surface area contributed by atoms with Crippen LogP contribution in [0.4, 0.5) is 0 Å². The summed E-state index contributed by atoms with van der Waals surface area (Å²) in [6.07, 6.45) is 4.12. The summed E-state index contributed by atoms with van der Waals surface area (Å²) in [6.45, 7) is 11.7. The maximum Gasteiger partial charge on any atom is 0.323 e. The van der Waals surface area contributed by atoms with Crippen molar-refractivity contribution in [2.45, 2.75) is 64.1 Å². The zero-order valence-electron chi connectivity index (χ0n) is 13.8. The van der Waals surface area contributed by atoms with Gasteiger partial charge in [-0.25, -0.2) is 0 Å². The third kappa shape index (κ3) is 4.66. The van der Waals surface area contributed by atoms with Gasteiger partial charge in [-0.3, -0.25) is 15.0 Å². The van der Waals surface area contributed by atoms with Crippen LogP contribution in [0.3, 0.4) is 0 Å². The van der Waals surface area contributed by atoms with Gasteiger partial charge >= 0.3 is 5.97 Å². The first-order valence-electron chi connectivity index (χ1n) is 8.42. The second kappa shape index (κ2) is 7.07. The summed E-state index contributed by atoms with van der Waals surface area (Å²) in [5.74, 6) is -0.717. The van der Waals surface area contributed by atoms with Crippen molar-refractivity contribution < 1.29 is 9.90 Å². The number of nitrogens with one attached hydrogen (secondary N) is 1. The van der Waals surface area contributed by atoms with Gasteiger partial charge in [0.05, 0.1) is 0 Å². The number of carboxylic acids is 1. The average Bonchev–Trinajstić information content (AvgIpc) is 3.23. The number of carboxylic acid groups (broad SMARTS) is 1. The fraction of sp³-hybridized carbons (Fsp3) is 0.938. The fourth-order valence-corrected chi connectivity index (χ4v) is 3.35. The van der Waals surface area contributed by atoms with E-state index in [4.69, 9.17) is 0 Å². The second-order valence-electron chi connectivity index (χ2n) is 6.99. The minimum Gasteiger partial charge on any atom is -0.480 e. The lowest BCUT2D eigenvalue weighted by Crippen LogP contribution is -2.56. The van der Waals surface area contributed by atoms with Gasteiger partial charge in [-0.15, -0.1) is 0 Å². The van der Waals surface area contributed by atoms with Crippen LogP contribution in [0.2, 0.25) is 0 Å². The van der Waals surface area contributed by atoms with Gasteiger partial charge in [0, 0.05) is 38.3 Å². The predicted molar refractivity (Wildman–Crippen MR) is 84.6 cm³/mol. The molecule has 5 nitrogen and oxygen atoms in total. The van der Waals surface area contributed by atoms with Crippen LogP contribution < -0.4 is 5.32 Å². The molecular weight excluding hydrogens is 266 g/mol. The zero-order valence-corrected chi connectivity index (χ0v) is 13.8. The molecule has 1 heterocycles. The van der Waals surface area contributed by atoms with Gasteiger partial charge in [0.15, 0.2) is 0 Å². The fourth-order valence-electron chi connectivity index (χ4n) is 3.35. The number of piperazine rings is 1. The molecule has 0 spiro atoms. The lowest BCUT2D eigenvalue weighted by Gasteiger charge is -2.40. The molecule has 2 aliphatic rings. The lowest BCUT2D eigenvalue weighted by molar-refractivity contribution is -0.145. The van der Waals surface area contributed by atoms with Crippen LogP contribution >= 0.6 is 0 Å². The number of rotatable bonds is 8. The SMILES string of the molecule is CCCN1CCN(C(C)CC(C)(NC2CC2)C(=O)O)CC1. The molecule has 2 N–H and O–H groups in total. The Morgan fingerprint density at radius 2 is 1.95 bits per heavy atom. The van der Waals surface area contributed by atoms with Gasteiger partial charge in [-0.1, -0.05) is 6.92 Å². The van der Waals surface area contributed by atoms with Crippen LogP contribution in [0.5, 0.6) is 0 Å². The Labute approximate surface area is 128 Å². The first kappa shape index (κ1) is 16.7. The van der Waals surface area contributed by atoms with Gasteiger partial charge in [-0.05, 0) is 46.1 Å². The van der Waals surface area contributed by atoms with Crippen molar-refractivity contribution in [2.24, 2.45) is 0 Å². The molecule has 0 aromatic heterocycles. The van der Waals surface area contributed by atoms with Gasteiger partial charge in [0.1, 0.15) is 5.54 Å². The summed E-state index contributed by atoms with van der Waals surface area (Å²) in [6, 6.07) is 0.723. The molecule has 0 aromatic carbocycles. The van der Waals surface area contributed by atoms with E-state index in [0.717, 1.165) is 39.0 Å². The first-order valence-corrected chi connectivity index (χ1v) is 8.42. The molecule has 0 aromatic rings. The lowest BCUT2D eigenvalue weighted by atomic mass is 9.92. The van der Waals surface area contributed by atoms with E-state index in [1.165, 1.54) is 13.0 Å². The van der Waals surface area contributed by atoms with Crippen LogP contribution in [-0.4, -0.2) is 71.2 Å². The van der Waals surface area contributed by atoms with Gasteiger partial charge in [0.2, 0.25) is 0 Å². The Morgan fingerprint density at radius 3 is 2.43 bits per heavy atom. The van der Waals surface area contributed by atoms with Crippen molar-refractivity contribution in [3.05, 3.63) is 0 Å². The Bertz CT molecular complexity index is 351. The summed E-state index contributed by atoms with van der Waals surface area (Å²) >= 11 is 0. The number of hydrogen-bond donors (Lipinski definition) is 2. The van der Waals surface area contributed by atoms with Crippen molar-refractivity contribution in [3.63, 3.8) is 0 Å². The van der Waals surface area contributed by atoms with E-state index in [0.29, 0.717) is 18.5 Å². The molecule has 2 fully saturated rings. The van der Waals surface area contributed by atoms with Gasteiger partial charge in [0.25, 0.3) is 0 Å². The summed E-state index contributed by atoms with van der Waals surface area (Å²) in [7, 11) is 0. The highest BCUT2D eigenvalue weighted by atomic mass is 16.4. The zero-order chi connectivity index (χ0) is 15.5. The summed E-state index contributed by atoms with van der Waals surface area (Å²) in [4.78, 5) is 16.6. The van der Waals surface area contributed by atoms with E-state index < -0.39 is 11.5 Å². The van der Waals surface area contributed by atoms with Crippen LogP contribution in [0.1, 0.15) is 46.5 Å². The quantitative estimate of drug-likeness (QED) is 0.709. The Kier molecular flexibility index (Phi) is 5.63. The molecule has 1 saturated carbocycles. The van der Waals surface area contributed by atoms with E-state index in [9.17, 15) is 9.90 Å². The Morgan fingerprint density at radius 1 is 1.33 bits per heavy atom. The third-order valence-corrected chi connectivity index (χ3v) is 4.85.